The second-order valence-corrected chi connectivity index (χ2v) is 5.11. The Labute approximate surface area is 110 Å². The number of halogens is 1. The van der Waals surface area contributed by atoms with Gasteiger partial charge in [-0.05, 0) is 25.5 Å². The third kappa shape index (κ3) is 3.27. The van der Waals surface area contributed by atoms with Crippen molar-refractivity contribution in [3.8, 4) is 0 Å². The molecule has 0 amide bonds. The molecule has 0 aliphatic heterocycles. The van der Waals surface area contributed by atoms with E-state index >= 15 is 0 Å². The monoisotopic (exact) mass is 263 g/mol. The van der Waals surface area contributed by atoms with Gasteiger partial charge in [-0.3, -0.25) is 4.98 Å². The van der Waals surface area contributed by atoms with Crippen LogP contribution in [-0.2, 0) is 6.42 Å². The van der Waals surface area contributed by atoms with Crippen LogP contribution in [-0.4, -0.2) is 16.0 Å². The fourth-order valence-corrected chi connectivity index (χ4v) is 2.51. The maximum atomic E-state index is 13.8. The molecular formula is C13H14FN3S. The Morgan fingerprint density at radius 3 is 2.89 bits per heavy atom. The zero-order valence-electron chi connectivity index (χ0n) is 10.0. The summed E-state index contributed by atoms with van der Waals surface area (Å²) in [6, 6.07) is 4.94. The lowest BCUT2D eigenvalue weighted by Gasteiger charge is -2.11. The first-order valence-corrected chi connectivity index (χ1v) is 6.45. The molecule has 0 saturated carbocycles. The van der Waals surface area contributed by atoms with Crippen LogP contribution in [0.25, 0.3) is 0 Å². The third-order valence-corrected chi connectivity index (χ3v) is 3.38. The molecule has 0 aliphatic rings. The minimum Gasteiger partial charge on any atom is -0.328 e. The largest absolute Gasteiger partial charge is 0.328 e. The average molecular weight is 263 g/mol. The lowest BCUT2D eigenvalue weighted by atomic mass is 10.1. The van der Waals surface area contributed by atoms with E-state index in [4.69, 9.17) is 5.73 Å². The van der Waals surface area contributed by atoms with Gasteiger partial charge in [-0.2, -0.15) is 0 Å². The van der Waals surface area contributed by atoms with Gasteiger partial charge in [-0.15, -0.1) is 0 Å². The molecule has 0 aliphatic carbocycles. The Hall–Kier alpha value is -1.46. The number of aromatic nitrogens is 2. The average Bonchev–Trinajstić information content (AvgIpc) is 2.34. The molecule has 0 bridgehead atoms. The Morgan fingerprint density at radius 1 is 1.39 bits per heavy atom. The minimum atomic E-state index is -0.221. The highest BCUT2D eigenvalue weighted by atomic mass is 32.2. The van der Waals surface area contributed by atoms with E-state index in [1.807, 2.05) is 13.0 Å². The molecule has 1 unspecified atom stereocenters. The quantitative estimate of drug-likeness (QED) is 0.921. The summed E-state index contributed by atoms with van der Waals surface area (Å²) in [7, 11) is 0. The summed E-state index contributed by atoms with van der Waals surface area (Å²) in [5.41, 5.74) is 6.39. The number of nitrogens with two attached hydrogens (primary N) is 1. The van der Waals surface area contributed by atoms with E-state index in [0.717, 1.165) is 9.92 Å². The molecule has 2 N–H and O–H groups in total. The van der Waals surface area contributed by atoms with Crippen molar-refractivity contribution >= 4 is 11.8 Å². The van der Waals surface area contributed by atoms with Gasteiger partial charge in [-0.25, -0.2) is 9.37 Å². The Morgan fingerprint density at radius 2 is 2.22 bits per heavy atom. The molecule has 2 aromatic rings. The summed E-state index contributed by atoms with van der Waals surface area (Å²) in [5.74, 6) is -0.221. The molecule has 0 saturated heterocycles. The molecule has 1 heterocycles. The van der Waals surface area contributed by atoms with Crippen molar-refractivity contribution < 1.29 is 4.39 Å². The van der Waals surface area contributed by atoms with E-state index in [0.29, 0.717) is 12.0 Å². The number of rotatable bonds is 4. The van der Waals surface area contributed by atoms with Crippen molar-refractivity contribution in [3.05, 3.63) is 48.2 Å². The van der Waals surface area contributed by atoms with Gasteiger partial charge in [0.2, 0.25) is 0 Å². The van der Waals surface area contributed by atoms with E-state index in [9.17, 15) is 4.39 Å². The van der Waals surface area contributed by atoms with Crippen LogP contribution in [0, 0.1) is 5.82 Å². The van der Waals surface area contributed by atoms with Crippen LogP contribution in [0.4, 0.5) is 4.39 Å². The maximum Gasteiger partial charge on any atom is 0.127 e. The van der Waals surface area contributed by atoms with Gasteiger partial charge >= 0.3 is 0 Å². The van der Waals surface area contributed by atoms with Crippen molar-refractivity contribution in [2.75, 3.05) is 0 Å². The first-order valence-electron chi connectivity index (χ1n) is 5.63. The topological polar surface area (TPSA) is 51.8 Å². The van der Waals surface area contributed by atoms with Crippen LogP contribution in [0.5, 0.6) is 0 Å². The maximum absolute atomic E-state index is 13.8. The summed E-state index contributed by atoms with van der Waals surface area (Å²) in [6.07, 6.45) is 5.39. The highest BCUT2D eigenvalue weighted by molar-refractivity contribution is 7.99. The van der Waals surface area contributed by atoms with Gasteiger partial charge in [0.25, 0.3) is 0 Å². The van der Waals surface area contributed by atoms with Gasteiger partial charge in [0.05, 0.1) is 6.20 Å². The molecule has 0 spiro atoms. The second-order valence-electron chi connectivity index (χ2n) is 4.04. The van der Waals surface area contributed by atoms with E-state index in [-0.39, 0.29) is 11.9 Å². The first kappa shape index (κ1) is 13.0. The predicted molar refractivity (Wildman–Crippen MR) is 69.9 cm³/mol. The summed E-state index contributed by atoms with van der Waals surface area (Å²) in [5, 5.41) is 0.744. The number of hydrogen-bond donors (Lipinski definition) is 1. The second kappa shape index (κ2) is 5.93. The van der Waals surface area contributed by atoms with Crippen molar-refractivity contribution in [2.45, 2.75) is 29.3 Å². The van der Waals surface area contributed by atoms with Gasteiger partial charge in [0, 0.05) is 28.9 Å². The smallest absolute Gasteiger partial charge is 0.127 e. The number of benzene rings is 1. The third-order valence-electron chi connectivity index (χ3n) is 2.36. The zero-order valence-corrected chi connectivity index (χ0v) is 10.8. The molecule has 1 aromatic heterocycles. The highest BCUT2D eigenvalue weighted by Crippen LogP contribution is 2.30. The van der Waals surface area contributed by atoms with Crippen LogP contribution in [0.15, 0.2) is 46.7 Å². The Kier molecular flexibility index (Phi) is 4.28. The summed E-state index contributed by atoms with van der Waals surface area (Å²) >= 11 is 1.40. The van der Waals surface area contributed by atoms with Crippen LogP contribution in [0.1, 0.15) is 12.5 Å². The van der Waals surface area contributed by atoms with E-state index in [2.05, 4.69) is 9.97 Å². The zero-order chi connectivity index (χ0) is 13.0. The molecule has 0 fully saturated rings. The lowest BCUT2D eigenvalue weighted by molar-refractivity contribution is 0.588. The van der Waals surface area contributed by atoms with E-state index < -0.39 is 0 Å². The van der Waals surface area contributed by atoms with Crippen LogP contribution in [0.2, 0.25) is 0 Å². The van der Waals surface area contributed by atoms with Gasteiger partial charge in [0.15, 0.2) is 0 Å². The summed E-state index contributed by atoms with van der Waals surface area (Å²) in [6.45, 7) is 1.86. The van der Waals surface area contributed by atoms with E-state index in [1.165, 1.54) is 17.8 Å². The van der Waals surface area contributed by atoms with Crippen LogP contribution >= 0.6 is 11.8 Å². The molecule has 18 heavy (non-hydrogen) atoms. The van der Waals surface area contributed by atoms with Crippen molar-refractivity contribution in [1.29, 1.82) is 0 Å². The molecule has 0 radical (unpaired) electrons. The highest BCUT2D eigenvalue weighted by Gasteiger charge is 2.12. The van der Waals surface area contributed by atoms with E-state index in [1.54, 1.807) is 24.7 Å². The minimum absolute atomic E-state index is 0.0805. The fraction of sp³-hybridized carbons (Fsp3) is 0.231. The van der Waals surface area contributed by atoms with Crippen molar-refractivity contribution in [3.63, 3.8) is 0 Å². The predicted octanol–water partition coefficient (Wildman–Crippen LogP) is 2.66. The van der Waals surface area contributed by atoms with Crippen LogP contribution in [0.3, 0.4) is 0 Å². The first-order chi connectivity index (χ1) is 8.66. The van der Waals surface area contributed by atoms with Crippen molar-refractivity contribution in [2.24, 2.45) is 5.73 Å². The fourth-order valence-electron chi connectivity index (χ4n) is 1.61. The molecule has 94 valence electrons. The summed E-state index contributed by atoms with van der Waals surface area (Å²) < 4.78 is 13.8. The number of hydrogen-bond acceptors (Lipinski definition) is 4. The van der Waals surface area contributed by atoms with Gasteiger partial charge in [0.1, 0.15) is 10.8 Å². The lowest BCUT2D eigenvalue weighted by Crippen LogP contribution is -2.19. The normalized spacial score (nSPS) is 12.4. The molecule has 1 aromatic carbocycles. The molecule has 5 heteroatoms. The van der Waals surface area contributed by atoms with Gasteiger partial charge < -0.3 is 5.73 Å². The Balaban J connectivity index is 2.30. The van der Waals surface area contributed by atoms with Gasteiger partial charge in [-0.1, -0.05) is 17.8 Å². The SMILES string of the molecule is CC(N)Cc1c(F)cccc1Sc1cnccn1. The molecular weight excluding hydrogens is 249 g/mol. The summed E-state index contributed by atoms with van der Waals surface area (Å²) in [4.78, 5) is 9.00. The van der Waals surface area contributed by atoms with Crippen molar-refractivity contribution in [1.82, 2.24) is 9.97 Å². The molecule has 3 nitrogen and oxygen atoms in total. The number of nitrogens with zero attached hydrogens (tertiary/aromatic N) is 2. The molecule has 2 rings (SSSR count). The van der Waals surface area contributed by atoms with Crippen LogP contribution < -0.4 is 5.73 Å². The standard InChI is InChI=1S/C13H14FN3S/c1-9(15)7-10-11(14)3-2-4-12(10)18-13-8-16-5-6-17-13/h2-6,8-9H,7,15H2,1H3. The Bertz CT molecular complexity index is 517. The molecule has 1 atom stereocenters.